The Bertz CT molecular complexity index is 1650. The molecule has 184 valence electrons. The Morgan fingerprint density at radius 1 is 1.00 bits per heavy atom. The van der Waals surface area contributed by atoms with E-state index in [1.54, 1.807) is 22.9 Å². The van der Waals surface area contributed by atoms with Crippen LogP contribution in [0.25, 0.3) is 16.6 Å². The molecule has 0 radical (unpaired) electrons. The van der Waals surface area contributed by atoms with Gasteiger partial charge in [-0.1, -0.05) is 47.3 Å². The molecule has 0 saturated carbocycles. The zero-order chi connectivity index (χ0) is 25.8. The minimum Gasteiger partial charge on any atom is -0.324 e. The van der Waals surface area contributed by atoms with Gasteiger partial charge in [-0.15, -0.1) is 5.10 Å². The molecule has 5 aromatic rings. The molecule has 0 fully saturated rings. The first-order chi connectivity index (χ1) is 18.0. The second kappa shape index (κ2) is 10.4. The summed E-state index contributed by atoms with van der Waals surface area (Å²) in [5.41, 5.74) is 2.14. The highest BCUT2D eigenvalue weighted by atomic mass is 32.2. The third kappa shape index (κ3) is 5.38. The summed E-state index contributed by atoms with van der Waals surface area (Å²) in [6, 6.07) is 22.1. The predicted molar refractivity (Wildman–Crippen MR) is 139 cm³/mol. The molecular formula is C25H19N7O4S. The average molecular weight is 514 g/mol. The number of thioether (sulfide) groups is 1. The molecule has 0 spiro atoms. The smallest absolute Gasteiger partial charge is 0.269 e. The van der Waals surface area contributed by atoms with E-state index < -0.39 is 4.92 Å². The number of hydrogen-bond acceptors (Lipinski definition) is 8. The lowest BCUT2D eigenvalue weighted by Gasteiger charge is -2.12. The molecule has 1 amide bonds. The molecule has 12 heteroatoms. The lowest BCUT2D eigenvalue weighted by atomic mass is 10.2. The maximum absolute atomic E-state index is 13.3. The number of carbonyl (C=O) groups is 1. The highest BCUT2D eigenvalue weighted by molar-refractivity contribution is 7.98. The van der Waals surface area contributed by atoms with E-state index in [9.17, 15) is 19.7 Å². The van der Waals surface area contributed by atoms with E-state index in [0.29, 0.717) is 38.9 Å². The maximum Gasteiger partial charge on any atom is 0.269 e. The van der Waals surface area contributed by atoms with Crippen molar-refractivity contribution >= 4 is 39.9 Å². The van der Waals surface area contributed by atoms with E-state index in [1.165, 1.54) is 40.7 Å². The summed E-state index contributed by atoms with van der Waals surface area (Å²) < 4.78 is 2.98. The number of hydrogen-bond donors (Lipinski definition) is 1. The number of aromatic nitrogens is 5. The summed E-state index contributed by atoms with van der Waals surface area (Å²) in [5.74, 6) is 0.0220. The van der Waals surface area contributed by atoms with Crippen molar-refractivity contribution in [2.45, 2.75) is 17.5 Å². The van der Waals surface area contributed by atoms with Gasteiger partial charge in [0.15, 0.2) is 5.16 Å². The lowest BCUT2D eigenvalue weighted by Crippen LogP contribution is -2.21. The van der Waals surface area contributed by atoms with Gasteiger partial charge in [-0.3, -0.25) is 24.3 Å². The van der Waals surface area contributed by atoms with Crippen molar-refractivity contribution in [3.05, 3.63) is 111 Å². The van der Waals surface area contributed by atoms with Gasteiger partial charge < -0.3 is 5.32 Å². The zero-order valence-electron chi connectivity index (χ0n) is 19.2. The first-order valence-electron chi connectivity index (χ1n) is 11.1. The van der Waals surface area contributed by atoms with Crippen LogP contribution in [0.5, 0.6) is 0 Å². The van der Waals surface area contributed by atoms with Gasteiger partial charge in [-0.05, 0) is 36.4 Å². The molecular weight excluding hydrogens is 494 g/mol. The van der Waals surface area contributed by atoms with Crippen LogP contribution in [0, 0.1) is 10.1 Å². The monoisotopic (exact) mass is 513 g/mol. The second-order valence-electron chi connectivity index (χ2n) is 7.94. The Hall–Kier alpha value is -4.84. The van der Waals surface area contributed by atoms with Crippen LogP contribution in [0.1, 0.15) is 5.69 Å². The Labute approximate surface area is 213 Å². The number of non-ortho nitro benzene ring substituents is 1. The molecule has 0 saturated heterocycles. The van der Waals surface area contributed by atoms with E-state index in [1.807, 2.05) is 42.5 Å². The Morgan fingerprint density at radius 2 is 1.73 bits per heavy atom. The topological polar surface area (TPSA) is 138 Å². The van der Waals surface area contributed by atoms with Gasteiger partial charge in [0.05, 0.1) is 27.2 Å². The summed E-state index contributed by atoms with van der Waals surface area (Å²) in [6.07, 6.45) is 1.65. The highest BCUT2D eigenvalue weighted by Crippen LogP contribution is 2.24. The fourth-order valence-corrected chi connectivity index (χ4v) is 4.54. The second-order valence-corrected chi connectivity index (χ2v) is 8.88. The van der Waals surface area contributed by atoms with Crippen LogP contribution < -0.4 is 10.9 Å². The molecule has 37 heavy (non-hydrogen) atoms. The van der Waals surface area contributed by atoms with Crippen LogP contribution in [0.2, 0.25) is 0 Å². The van der Waals surface area contributed by atoms with Crippen molar-refractivity contribution in [2.75, 3.05) is 5.32 Å². The first kappa shape index (κ1) is 23.9. The standard InChI is InChI=1S/C25H19N7O4S/c33-23(26-17-10-12-20(13-11-17)32(35)36)15-30-14-18(28-29-30)16-37-25-27-22-9-5-4-8-21(22)24(34)31(25)19-6-2-1-3-7-19/h1-14H,15-16H2,(H,26,33). The van der Waals surface area contributed by atoms with Gasteiger partial charge in [0.1, 0.15) is 6.54 Å². The Morgan fingerprint density at radius 3 is 2.49 bits per heavy atom. The fourth-order valence-electron chi connectivity index (χ4n) is 3.65. The number of nitro benzene ring substituents is 1. The molecule has 0 aliphatic heterocycles. The number of fused-ring (bicyclic) bond motifs is 1. The summed E-state index contributed by atoms with van der Waals surface area (Å²) in [5, 5.41) is 22.6. The lowest BCUT2D eigenvalue weighted by molar-refractivity contribution is -0.384. The van der Waals surface area contributed by atoms with Gasteiger partial charge in [0.2, 0.25) is 5.91 Å². The number of rotatable bonds is 8. The van der Waals surface area contributed by atoms with Crippen LogP contribution in [0.4, 0.5) is 11.4 Å². The summed E-state index contributed by atoms with van der Waals surface area (Å²) >= 11 is 1.34. The van der Waals surface area contributed by atoms with Crippen molar-refractivity contribution < 1.29 is 9.72 Å². The number of anilines is 1. The first-order valence-corrected chi connectivity index (χ1v) is 12.1. The van der Waals surface area contributed by atoms with E-state index in [2.05, 4.69) is 15.6 Å². The van der Waals surface area contributed by atoms with Crippen LogP contribution in [-0.4, -0.2) is 35.4 Å². The third-order valence-corrected chi connectivity index (χ3v) is 6.33. The average Bonchev–Trinajstić information content (AvgIpc) is 3.35. The van der Waals surface area contributed by atoms with E-state index >= 15 is 0 Å². The molecule has 0 unspecified atom stereocenters. The number of para-hydroxylation sites is 2. The quantitative estimate of drug-likeness (QED) is 0.143. The van der Waals surface area contributed by atoms with Gasteiger partial charge in [-0.2, -0.15) is 0 Å². The van der Waals surface area contributed by atoms with Gasteiger partial charge in [0, 0.05) is 29.8 Å². The molecule has 0 bridgehead atoms. The molecule has 1 N–H and O–H groups in total. The highest BCUT2D eigenvalue weighted by Gasteiger charge is 2.15. The van der Waals surface area contributed by atoms with Gasteiger partial charge in [-0.25, -0.2) is 9.67 Å². The molecule has 5 rings (SSSR count). The summed E-state index contributed by atoms with van der Waals surface area (Å²) in [7, 11) is 0. The maximum atomic E-state index is 13.3. The van der Waals surface area contributed by atoms with Crippen molar-refractivity contribution in [1.29, 1.82) is 0 Å². The number of nitrogens with one attached hydrogen (secondary N) is 1. The van der Waals surface area contributed by atoms with Crippen molar-refractivity contribution in [3.63, 3.8) is 0 Å². The summed E-state index contributed by atoms with van der Waals surface area (Å²) in [4.78, 5) is 40.6. The van der Waals surface area contributed by atoms with Crippen molar-refractivity contribution in [1.82, 2.24) is 24.5 Å². The molecule has 2 heterocycles. The Balaban J connectivity index is 1.30. The Kier molecular flexibility index (Phi) is 6.72. The molecule has 0 atom stereocenters. The van der Waals surface area contributed by atoms with Crippen LogP contribution >= 0.6 is 11.8 Å². The van der Waals surface area contributed by atoms with Crippen LogP contribution in [0.15, 0.2) is 95.0 Å². The molecule has 0 aliphatic rings. The zero-order valence-corrected chi connectivity index (χ0v) is 20.0. The van der Waals surface area contributed by atoms with Crippen LogP contribution in [0.3, 0.4) is 0 Å². The fraction of sp³-hybridized carbons (Fsp3) is 0.0800. The molecule has 11 nitrogen and oxygen atoms in total. The minimum atomic E-state index is -0.507. The number of nitro groups is 1. The molecule has 0 aliphatic carbocycles. The number of nitrogens with zero attached hydrogens (tertiary/aromatic N) is 6. The van der Waals surface area contributed by atoms with Crippen molar-refractivity contribution in [3.8, 4) is 5.69 Å². The van der Waals surface area contributed by atoms with Gasteiger partial charge >= 0.3 is 0 Å². The predicted octanol–water partition coefficient (Wildman–Crippen LogP) is 3.82. The van der Waals surface area contributed by atoms with E-state index in [0.717, 1.165) is 0 Å². The number of amides is 1. The van der Waals surface area contributed by atoms with Gasteiger partial charge in [0.25, 0.3) is 11.2 Å². The third-order valence-electron chi connectivity index (χ3n) is 5.36. The van der Waals surface area contributed by atoms with E-state index in [4.69, 9.17) is 4.98 Å². The van der Waals surface area contributed by atoms with Crippen LogP contribution in [-0.2, 0) is 17.1 Å². The SMILES string of the molecule is O=C(Cn1cc(CSc2nc3ccccc3c(=O)n2-c2ccccc2)nn1)Nc1ccc([N+](=O)[O-])cc1. The molecule has 2 aromatic heterocycles. The largest absolute Gasteiger partial charge is 0.324 e. The molecule has 3 aromatic carbocycles. The van der Waals surface area contributed by atoms with E-state index in [-0.39, 0.29) is 23.7 Å². The number of carbonyl (C=O) groups excluding carboxylic acids is 1. The number of benzene rings is 3. The van der Waals surface area contributed by atoms with Crippen molar-refractivity contribution in [2.24, 2.45) is 0 Å². The minimum absolute atomic E-state index is 0.0602. The summed E-state index contributed by atoms with van der Waals surface area (Å²) in [6.45, 7) is -0.0857. The normalized spacial score (nSPS) is 10.9.